The van der Waals surface area contributed by atoms with Crippen LogP contribution >= 0.6 is 23.4 Å². The van der Waals surface area contributed by atoms with Gasteiger partial charge in [-0.15, -0.1) is 10.2 Å². The Hall–Kier alpha value is -1.85. The first-order chi connectivity index (χ1) is 10.3. The molecule has 0 aliphatic carbocycles. The molecule has 21 heavy (non-hydrogen) atoms. The lowest BCUT2D eigenvalue weighted by Gasteiger charge is -2.09. The van der Waals surface area contributed by atoms with Crippen LogP contribution in [0.2, 0.25) is 5.02 Å². The zero-order chi connectivity index (χ0) is 14.7. The number of hydrogen-bond donors (Lipinski definition) is 0. The summed E-state index contributed by atoms with van der Waals surface area (Å²) in [7, 11) is 0. The van der Waals surface area contributed by atoms with E-state index in [1.165, 1.54) is 0 Å². The molecule has 6 heteroatoms. The Morgan fingerprint density at radius 2 is 1.76 bits per heavy atom. The fraction of sp³-hybridized carbons (Fsp3) is 0.133. The molecule has 3 rings (SSSR count). The van der Waals surface area contributed by atoms with Crippen LogP contribution in [0.15, 0.2) is 53.9 Å². The van der Waals surface area contributed by atoms with Crippen LogP contribution in [0, 0.1) is 0 Å². The fourth-order valence-electron chi connectivity index (χ4n) is 2.00. The second-order valence-electron chi connectivity index (χ2n) is 4.29. The van der Waals surface area contributed by atoms with Crippen molar-refractivity contribution in [3.05, 3.63) is 53.8 Å². The number of aromatic nitrogens is 4. The summed E-state index contributed by atoms with van der Waals surface area (Å²) < 4.78 is 2.04. The zero-order valence-corrected chi connectivity index (χ0v) is 13.0. The van der Waals surface area contributed by atoms with E-state index in [1.807, 2.05) is 41.0 Å². The SMILES string of the molecule is CCSc1nnc(-c2ccncc2)n1-c1ccc(Cl)cc1. The molecule has 0 bridgehead atoms. The lowest BCUT2D eigenvalue weighted by Crippen LogP contribution is -1.99. The van der Waals surface area contributed by atoms with Crippen LogP contribution in [-0.2, 0) is 0 Å². The van der Waals surface area contributed by atoms with Gasteiger partial charge in [0.1, 0.15) is 0 Å². The lowest BCUT2D eigenvalue weighted by molar-refractivity contribution is 0.887. The topological polar surface area (TPSA) is 43.6 Å². The van der Waals surface area contributed by atoms with E-state index in [-0.39, 0.29) is 0 Å². The van der Waals surface area contributed by atoms with Crippen molar-refractivity contribution in [1.29, 1.82) is 0 Å². The Bertz CT molecular complexity index is 725. The molecular weight excluding hydrogens is 304 g/mol. The number of pyridine rings is 1. The average Bonchev–Trinajstić information content (AvgIpc) is 2.93. The summed E-state index contributed by atoms with van der Waals surface area (Å²) in [5.74, 6) is 1.73. The first-order valence-electron chi connectivity index (χ1n) is 6.54. The molecule has 0 saturated carbocycles. The molecule has 0 aliphatic heterocycles. The van der Waals surface area contributed by atoms with Crippen molar-refractivity contribution in [2.45, 2.75) is 12.1 Å². The number of rotatable bonds is 4. The third-order valence-electron chi connectivity index (χ3n) is 2.93. The number of halogens is 1. The molecule has 1 aromatic carbocycles. The molecule has 2 aromatic heterocycles. The van der Waals surface area contributed by atoms with Gasteiger partial charge in [0, 0.05) is 28.7 Å². The average molecular weight is 317 g/mol. The van der Waals surface area contributed by atoms with Crippen LogP contribution in [0.5, 0.6) is 0 Å². The van der Waals surface area contributed by atoms with Gasteiger partial charge in [-0.2, -0.15) is 0 Å². The van der Waals surface area contributed by atoms with Gasteiger partial charge in [0.25, 0.3) is 0 Å². The summed E-state index contributed by atoms with van der Waals surface area (Å²) in [6.07, 6.45) is 3.51. The summed E-state index contributed by atoms with van der Waals surface area (Å²) in [5, 5.41) is 10.2. The lowest BCUT2D eigenvalue weighted by atomic mass is 10.2. The number of benzene rings is 1. The van der Waals surface area contributed by atoms with Crippen LogP contribution in [0.4, 0.5) is 0 Å². The van der Waals surface area contributed by atoms with E-state index in [1.54, 1.807) is 24.2 Å². The van der Waals surface area contributed by atoms with Crippen LogP contribution in [0.25, 0.3) is 17.1 Å². The number of thioether (sulfide) groups is 1. The van der Waals surface area contributed by atoms with Crippen LogP contribution in [-0.4, -0.2) is 25.5 Å². The van der Waals surface area contributed by atoms with Gasteiger partial charge in [-0.1, -0.05) is 30.3 Å². The summed E-state index contributed by atoms with van der Waals surface area (Å²) in [6, 6.07) is 11.5. The van der Waals surface area contributed by atoms with Gasteiger partial charge >= 0.3 is 0 Å². The summed E-state index contributed by atoms with van der Waals surface area (Å²) in [4.78, 5) is 4.05. The molecule has 0 atom stereocenters. The predicted molar refractivity (Wildman–Crippen MR) is 86.0 cm³/mol. The molecule has 0 aliphatic rings. The molecule has 2 heterocycles. The first-order valence-corrected chi connectivity index (χ1v) is 7.90. The van der Waals surface area contributed by atoms with E-state index in [9.17, 15) is 0 Å². The molecular formula is C15H13ClN4S. The third kappa shape index (κ3) is 2.94. The van der Waals surface area contributed by atoms with Gasteiger partial charge in [-0.05, 0) is 42.2 Å². The Kier molecular flexibility index (Phi) is 4.22. The molecule has 0 fully saturated rings. The molecule has 0 unspecified atom stereocenters. The minimum absolute atomic E-state index is 0.710. The molecule has 0 spiro atoms. The maximum Gasteiger partial charge on any atom is 0.196 e. The molecule has 0 radical (unpaired) electrons. The minimum Gasteiger partial charge on any atom is -0.270 e. The molecule has 0 amide bonds. The van der Waals surface area contributed by atoms with Gasteiger partial charge in [-0.3, -0.25) is 9.55 Å². The zero-order valence-electron chi connectivity index (χ0n) is 11.4. The van der Waals surface area contributed by atoms with Crippen molar-refractivity contribution < 1.29 is 0 Å². The predicted octanol–water partition coefficient (Wildman–Crippen LogP) is 4.09. The molecule has 0 saturated heterocycles. The van der Waals surface area contributed by atoms with Gasteiger partial charge < -0.3 is 0 Å². The minimum atomic E-state index is 0.710. The van der Waals surface area contributed by atoms with E-state index < -0.39 is 0 Å². The maximum atomic E-state index is 5.98. The molecule has 4 nitrogen and oxygen atoms in total. The molecule has 0 N–H and O–H groups in total. The van der Waals surface area contributed by atoms with Crippen LogP contribution < -0.4 is 0 Å². The quantitative estimate of drug-likeness (QED) is 0.680. The normalized spacial score (nSPS) is 10.8. The van der Waals surface area contributed by atoms with E-state index in [2.05, 4.69) is 22.1 Å². The van der Waals surface area contributed by atoms with E-state index in [0.29, 0.717) is 5.02 Å². The first kappa shape index (κ1) is 14.1. The smallest absolute Gasteiger partial charge is 0.196 e. The van der Waals surface area contributed by atoms with Gasteiger partial charge in [-0.25, -0.2) is 0 Å². The second-order valence-corrected chi connectivity index (χ2v) is 5.95. The Morgan fingerprint density at radius 3 is 2.43 bits per heavy atom. The standard InChI is InChI=1S/C15H13ClN4S/c1-2-21-15-19-18-14(11-7-9-17-10-8-11)20(15)13-5-3-12(16)4-6-13/h3-10H,2H2,1H3. The van der Waals surface area contributed by atoms with Crippen LogP contribution in [0.1, 0.15) is 6.92 Å². The van der Waals surface area contributed by atoms with Crippen molar-refractivity contribution in [2.24, 2.45) is 0 Å². The highest BCUT2D eigenvalue weighted by molar-refractivity contribution is 7.99. The highest BCUT2D eigenvalue weighted by Gasteiger charge is 2.15. The Labute approximate surface area is 132 Å². The van der Waals surface area contributed by atoms with E-state index in [0.717, 1.165) is 28.0 Å². The fourth-order valence-corrected chi connectivity index (χ4v) is 2.81. The monoisotopic (exact) mass is 316 g/mol. The van der Waals surface area contributed by atoms with Crippen molar-refractivity contribution in [1.82, 2.24) is 19.7 Å². The van der Waals surface area contributed by atoms with Crippen molar-refractivity contribution in [3.63, 3.8) is 0 Å². The highest BCUT2D eigenvalue weighted by atomic mass is 35.5. The number of nitrogens with zero attached hydrogens (tertiary/aromatic N) is 4. The van der Waals surface area contributed by atoms with Gasteiger partial charge in [0.05, 0.1) is 0 Å². The van der Waals surface area contributed by atoms with E-state index >= 15 is 0 Å². The van der Waals surface area contributed by atoms with Crippen molar-refractivity contribution >= 4 is 23.4 Å². The van der Waals surface area contributed by atoms with Gasteiger partial charge in [0.2, 0.25) is 0 Å². The van der Waals surface area contributed by atoms with E-state index in [4.69, 9.17) is 11.6 Å². The Morgan fingerprint density at radius 1 is 1.05 bits per heavy atom. The highest BCUT2D eigenvalue weighted by Crippen LogP contribution is 2.28. The van der Waals surface area contributed by atoms with Crippen molar-refractivity contribution in [2.75, 3.05) is 5.75 Å². The summed E-state index contributed by atoms with van der Waals surface area (Å²) in [6.45, 7) is 2.09. The van der Waals surface area contributed by atoms with Crippen molar-refractivity contribution in [3.8, 4) is 17.1 Å². The largest absolute Gasteiger partial charge is 0.270 e. The summed E-state index contributed by atoms with van der Waals surface area (Å²) >= 11 is 7.63. The van der Waals surface area contributed by atoms with Crippen LogP contribution in [0.3, 0.4) is 0 Å². The number of hydrogen-bond acceptors (Lipinski definition) is 4. The Balaban J connectivity index is 2.16. The van der Waals surface area contributed by atoms with Gasteiger partial charge in [0.15, 0.2) is 11.0 Å². The third-order valence-corrected chi connectivity index (χ3v) is 3.99. The summed E-state index contributed by atoms with van der Waals surface area (Å²) in [5.41, 5.74) is 1.97. The maximum absolute atomic E-state index is 5.98. The second kappa shape index (κ2) is 6.28. The molecule has 3 aromatic rings. The molecule has 106 valence electrons.